The van der Waals surface area contributed by atoms with Gasteiger partial charge in [-0.15, -0.1) is 0 Å². The van der Waals surface area contributed by atoms with Crippen molar-refractivity contribution in [3.05, 3.63) is 63.2 Å². The molecule has 0 spiro atoms. The van der Waals surface area contributed by atoms with E-state index in [0.717, 1.165) is 16.7 Å². The van der Waals surface area contributed by atoms with Crippen molar-refractivity contribution in [1.29, 1.82) is 0 Å². The van der Waals surface area contributed by atoms with E-state index in [4.69, 9.17) is 4.74 Å². The van der Waals surface area contributed by atoms with Gasteiger partial charge in [0, 0.05) is 11.4 Å². The standard InChI is InChI=1S/C15H14BrNO3/c1-10-4-3-5-14(11(10)2)20-15-7-6-12(9-16)8-13(15)17(18)19/h3-8H,9H2,1-2H3. The number of halogens is 1. The molecule has 0 aliphatic heterocycles. The second kappa shape index (κ2) is 6.05. The molecular weight excluding hydrogens is 322 g/mol. The van der Waals surface area contributed by atoms with Gasteiger partial charge in [0.1, 0.15) is 5.75 Å². The summed E-state index contributed by atoms with van der Waals surface area (Å²) in [6.45, 7) is 3.91. The molecule has 2 aromatic rings. The van der Waals surface area contributed by atoms with Crippen LogP contribution in [-0.4, -0.2) is 4.92 Å². The molecule has 2 rings (SSSR count). The van der Waals surface area contributed by atoms with Gasteiger partial charge in [-0.05, 0) is 42.7 Å². The van der Waals surface area contributed by atoms with Crippen LogP contribution < -0.4 is 4.74 Å². The Balaban J connectivity index is 2.43. The average molecular weight is 336 g/mol. The Morgan fingerprint density at radius 3 is 2.60 bits per heavy atom. The first kappa shape index (κ1) is 14.5. The molecule has 0 radical (unpaired) electrons. The van der Waals surface area contributed by atoms with Crippen LogP contribution in [0.5, 0.6) is 11.5 Å². The van der Waals surface area contributed by atoms with Gasteiger partial charge in [0.05, 0.1) is 4.92 Å². The number of aryl methyl sites for hydroxylation is 1. The molecule has 0 heterocycles. The van der Waals surface area contributed by atoms with Gasteiger partial charge in [0.2, 0.25) is 5.75 Å². The SMILES string of the molecule is Cc1cccc(Oc2ccc(CBr)cc2[N+](=O)[O-])c1C. The molecular formula is C15H14BrNO3. The second-order valence-electron chi connectivity index (χ2n) is 4.49. The lowest BCUT2D eigenvalue weighted by Gasteiger charge is -2.11. The number of ether oxygens (including phenoxy) is 1. The Labute approximate surface area is 125 Å². The summed E-state index contributed by atoms with van der Waals surface area (Å²) in [5.41, 5.74) is 2.88. The van der Waals surface area contributed by atoms with Crippen molar-refractivity contribution in [2.24, 2.45) is 0 Å². The summed E-state index contributed by atoms with van der Waals surface area (Å²) in [7, 11) is 0. The van der Waals surface area contributed by atoms with E-state index in [2.05, 4.69) is 15.9 Å². The molecule has 0 aliphatic rings. The molecule has 104 valence electrons. The molecule has 0 bridgehead atoms. The lowest BCUT2D eigenvalue weighted by atomic mass is 10.1. The van der Waals surface area contributed by atoms with E-state index in [1.165, 1.54) is 6.07 Å². The third-order valence-electron chi connectivity index (χ3n) is 3.15. The summed E-state index contributed by atoms with van der Waals surface area (Å²) in [5.74, 6) is 0.896. The molecule has 0 N–H and O–H groups in total. The number of alkyl halides is 1. The van der Waals surface area contributed by atoms with E-state index in [0.29, 0.717) is 11.1 Å². The van der Waals surface area contributed by atoms with Crippen molar-refractivity contribution in [1.82, 2.24) is 0 Å². The zero-order chi connectivity index (χ0) is 14.7. The Bertz CT molecular complexity index is 656. The molecule has 0 unspecified atom stereocenters. The Kier molecular flexibility index (Phi) is 4.39. The van der Waals surface area contributed by atoms with E-state index in [1.54, 1.807) is 6.07 Å². The van der Waals surface area contributed by atoms with Crippen molar-refractivity contribution in [2.75, 3.05) is 0 Å². The van der Waals surface area contributed by atoms with Crippen LogP contribution in [0.1, 0.15) is 16.7 Å². The predicted molar refractivity (Wildman–Crippen MR) is 81.7 cm³/mol. The molecule has 0 fully saturated rings. The molecule has 4 nitrogen and oxygen atoms in total. The highest BCUT2D eigenvalue weighted by molar-refractivity contribution is 9.08. The van der Waals surface area contributed by atoms with Crippen LogP contribution >= 0.6 is 15.9 Å². The third kappa shape index (κ3) is 2.99. The predicted octanol–water partition coefficient (Wildman–Crippen LogP) is 4.90. The molecule has 2 aromatic carbocycles. The van der Waals surface area contributed by atoms with Gasteiger partial charge in [0.15, 0.2) is 0 Å². The summed E-state index contributed by atoms with van der Waals surface area (Å²) in [6.07, 6.45) is 0. The number of nitrogens with zero attached hydrogens (tertiary/aromatic N) is 1. The lowest BCUT2D eigenvalue weighted by Crippen LogP contribution is -1.96. The van der Waals surface area contributed by atoms with Crippen LogP contribution in [-0.2, 0) is 5.33 Å². The monoisotopic (exact) mass is 335 g/mol. The van der Waals surface area contributed by atoms with Gasteiger partial charge < -0.3 is 4.74 Å². The summed E-state index contributed by atoms with van der Waals surface area (Å²) >= 11 is 3.29. The van der Waals surface area contributed by atoms with Crippen LogP contribution in [0.4, 0.5) is 5.69 Å². The largest absolute Gasteiger partial charge is 0.450 e. The van der Waals surface area contributed by atoms with E-state index in [-0.39, 0.29) is 11.4 Å². The lowest BCUT2D eigenvalue weighted by molar-refractivity contribution is -0.385. The highest BCUT2D eigenvalue weighted by Gasteiger charge is 2.17. The van der Waals surface area contributed by atoms with Crippen molar-refractivity contribution >= 4 is 21.6 Å². The minimum absolute atomic E-state index is 0.0251. The van der Waals surface area contributed by atoms with Gasteiger partial charge in [-0.2, -0.15) is 0 Å². The highest BCUT2D eigenvalue weighted by Crippen LogP contribution is 2.34. The molecule has 20 heavy (non-hydrogen) atoms. The van der Waals surface area contributed by atoms with Crippen LogP contribution in [0.2, 0.25) is 0 Å². The number of rotatable bonds is 4. The molecule has 0 amide bonds. The minimum Gasteiger partial charge on any atom is -0.450 e. The van der Waals surface area contributed by atoms with Crippen molar-refractivity contribution < 1.29 is 9.66 Å². The van der Waals surface area contributed by atoms with Gasteiger partial charge >= 0.3 is 5.69 Å². The first-order valence-corrected chi connectivity index (χ1v) is 7.22. The maximum atomic E-state index is 11.1. The quantitative estimate of drug-likeness (QED) is 0.453. The first-order chi connectivity index (χ1) is 9.52. The molecule has 5 heteroatoms. The molecule has 0 aromatic heterocycles. The number of nitro benzene ring substituents is 1. The average Bonchev–Trinajstić information content (AvgIpc) is 2.44. The van der Waals surface area contributed by atoms with Crippen molar-refractivity contribution in [3.8, 4) is 11.5 Å². The zero-order valence-corrected chi connectivity index (χ0v) is 12.8. The maximum absolute atomic E-state index is 11.1. The van der Waals surface area contributed by atoms with Gasteiger partial charge in [-0.1, -0.05) is 34.1 Å². The Morgan fingerprint density at radius 1 is 1.20 bits per heavy atom. The first-order valence-electron chi connectivity index (χ1n) is 6.10. The maximum Gasteiger partial charge on any atom is 0.311 e. The van der Waals surface area contributed by atoms with Crippen LogP contribution in [0.3, 0.4) is 0 Å². The smallest absolute Gasteiger partial charge is 0.311 e. The Hall–Kier alpha value is -1.88. The number of hydrogen-bond acceptors (Lipinski definition) is 3. The van der Waals surface area contributed by atoms with Gasteiger partial charge in [-0.25, -0.2) is 0 Å². The number of benzene rings is 2. The third-order valence-corrected chi connectivity index (χ3v) is 3.80. The zero-order valence-electron chi connectivity index (χ0n) is 11.2. The fourth-order valence-electron chi connectivity index (χ4n) is 1.83. The van der Waals surface area contributed by atoms with E-state index >= 15 is 0 Å². The topological polar surface area (TPSA) is 52.4 Å². The summed E-state index contributed by atoms with van der Waals surface area (Å²) in [5, 5.41) is 11.7. The minimum atomic E-state index is -0.424. The molecule has 0 saturated carbocycles. The summed E-state index contributed by atoms with van der Waals surface area (Å²) in [4.78, 5) is 10.7. The summed E-state index contributed by atoms with van der Waals surface area (Å²) in [6, 6.07) is 10.6. The molecule has 0 saturated heterocycles. The van der Waals surface area contributed by atoms with Gasteiger partial charge in [0.25, 0.3) is 0 Å². The van der Waals surface area contributed by atoms with Crippen molar-refractivity contribution in [3.63, 3.8) is 0 Å². The van der Waals surface area contributed by atoms with Crippen molar-refractivity contribution in [2.45, 2.75) is 19.2 Å². The number of hydrogen-bond donors (Lipinski definition) is 0. The van der Waals surface area contributed by atoms with E-state index < -0.39 is 4.92 Å². The second-order valence-corrected chi connectivity index (χ2v) is 5.05. The number of nitro groups is 1. The van der Waals surface area contributed by atoms with Crippen LogP contribution in [0.15, 0.2) is 36.4 Å². The normalized spacial score (nSPS) is 10.3. The van der Waals surface area contributed by atoms with E-state index in [9.17, 15) is 10.1 Å². The van der Waals surface area contributed by atoms with Crippen LogP contribution in [0, 0.1) is 24.0 Å². The Morgan fingerprint density at radius 2 is 1.95 bits per heavy atom. The highest BCUT2D eigenvalue weighted by atomic mass is 79.9. The van der Waals surface area contributed by atoms with E-state index in [1.807, 2.05) is 38.1 Å². The summed E-state index contributed by atoms with van der Waals surface area (Å²) < 4.78 is 5.72. The molecule has 0 atom stereocenters. The van der Waals surface area contributed by atoms with Gasteiger partial charge in [-0.3, -0.25) is 10.1 Å². The van der Waals surface area contributed by atoms with Crippen LogP contribution in [0.25, 0.3) is 0 Å². The fourth-order valence-corrected chi connectivity index (χ4v) is 2.18. The molecule has 0 aliphatic carbocycles. The fraction of sp³-hybridized carbons (Fsp3) is 0.200.